The lowest BCUT2D eigenvalue weighted by Gasteiger charge is -2.09. The van der Waals surface area contributed by atoms with Crippen LogP contribution in [0.25, 0.3) is 0 Å². The number of amides is 1. The lowest BCUT2D eigenvalue weighted by Crippen LogP contribution is -2.33. The van der Waals surface area contributed by atoms with E-state index >= 15 is 0 Å². The Morgan fingerprint density at radius 2 is 2.27 bits per heavy atom. The molecule has 84 valence electrons. The summed E-state index contributed by atoms with van der Waals surface area (Å²) in [5.41, 5.74) is -0.710. The maximum atomic E-state index is 11.5. The summed E-state index contributed by atoms with van der Waals surface area (Å²) in [4.78, 5) is 11.5. The molecule has 0 spiro atoms. The van der Waals surface area contributed by atoms with E-state index in [4.69, 9.17) is 10.00 Å². The van der Waals surface area contributed by atoms with Crippen LogP contribution in [0.4, 0.5) is 0 Å². The molecule has 4 heteroatoms. The van der Waals surface area contributed by atoms with Gasteiger partial charge in [-0.25, -0.2) is 0 Å². The summed E-state index contributed by atoms with van der Waals surface area (Å²) in [5.74, 6) is 0.368. The van der Waals surface area contributed by atoms with Crippen molar-refractivity contribution in [2.75, 3.05) is 19.8 Å². The molecule has 1 aliphatic rings. The maximum absolute atomic E-state index is 11.5. The van der Waals surface area contributed by atoms with Gasteiger partial charge in [-0.1, -0.05) is 13.8 Å². The fourth-order valence-electron chi connectivity index (χ4n) is 1.24. The van der Waals surface area contributed by atoms with Crippen molar-refractivity contribution in [1.82, 2.24) is 5.32 Å². The average molecular weight is 210 g/mol. The van der Waals surface area contributed by atoms with Crippen molar-refractivity contribution in [2.45, 2.75) is 26.7 Å². The quantitative estimate of drug-likeness (QED) is 0.667. The second kappa shape index (κ2) is 5.13. The van der Waals surface area contributed by atoms with Crippen LogP contribution in [0.15, 0.2) is 0 Å². The van der Waals surface area contributed by atoms with Crippen LogP contribution in [0.5, 0.6) is 0 Å². The molecule has 0 aliphatic heterocycles. The van der Waals surface area contributed by atoms with E-state index in [0.29, 0.717) is 38.5 Å². The summed E-state index contributed by atoms with van der Waals surface area (Å²) in [6.45, 7) is 5.88. The smallest absolute Gasteiger partial charge is 0.240 e. The minimum Gasteiger partial charge on any atom is -0.379 e. The number of carbonyl (C=O) groups excluding carboxylic acids is 1. The molecule has 1 N–H and O–H groups in total. The summed E-state index contributed by atoms with van der Waals surface area (Å²) < 4.78 is 5.31. The Labute approximate surface area is 90.6 Å². The van der Waals surface area contributed by atoms with Gasteiger partial charge in [0.2, 0.25) is 5.91 Å². The molecule has 0 unspecified atom stereocenters. The van der Waals surface area contributed by atoms with Gasteiger partial charge in [-0.3, -0.25) is 4.79 Å². The normalized spacial score (nSPS) is 17.2. The van der Waals surface area contributed by atoms with Gasteiger partial charge < -0.3 is 10.1 Å². The van der Waals surface area contributed by atoms with E-state index in [1.54, 1.807) is 0 Å². The third-order valence-corrected chi connectivity index (χ3v) is 2.38. The molecule has 1 rings (SSSR count). The molecule has 1 aliphatic carbocycles. The van der Waals surface area contributed by atoms with Crippen molar-refractivity contribution >= 4 is 5.91 Å². The highest BCUT2D eigenvalue weighted by molar-refractivity contribution is 5.88. The van der Waals surface area contributed by atoms with E-state index in [0.717, 1.165) is 0 Å². The van der Waals surface area contributed by atoms with Crippen molar-refractivity contribution in [3.63, 3.8) is 0 Å². The molecule has 0 aromatic carbocycles. The van der Waals surface area contributed by atoms with E-state index in [-0.39, 0.29) is 5.91 Å². The van der Waals surface area contributed by atoms with Crippen molar-refractivity contribution in [3.8, 4) is 6.07 Å². The minimum atomic E-state index is -0.710. The van der Waals surface area contributed by atoms with E-state index in [1.165, 1.54) is 0 Å². The Morgan fingerprint density at radius 3 is 2.73 bits per heavy atom. The van der Waals surface area contributed by atoms with Gasteiger partial charge in [0.15, 0.2) is 0 Å². The number of hydrogen-bond donors (Lipinski definition) is 1. The number of nitrogens with zero attached hydrogens (tertiary/aromatic N) is 1. The van der Waals surface area contributed by atoms with Crippen molar-refractivity contribution in [2.24, 2.45) is 11.3 Å². The maximum Gasteiger partial charge on any atom is 0.240 e. The highest BCUT2D eigenvalue weighted by Gasteiger charge is 2.50. The first-order chi connectivity index (χ1) is 7.10. The number of rotatable bonds is 6. The molecular formula is C11H18N2O2. The molecule has 0 radical (unpaired) electrons. The lowest BCUT2D eigenvalue weighted by molar-refractivity contribution is -0.124. The van der Waals surface area contributed by atoms with Gasteiger partial charge in [-0.2, -0.15) is 5.26 Å². The third kappa shape index (κ3) is 3.52. The molecule has 0 aromatic rings. The fraction of sp³-hybridized carbons (Fsp3) is 0.818. The molecule has 0 bridgehead atoms. The largest absolute Gasteiger partial charge is 0.379 e. The van der Waals surface area contributed by atoms with Crippen LogP contribution in [0.2, 0.25) is 0 Å². The van der Waals surface area contributed by atoms with E-state index in [2.05, 4.69) is 25.2 Å². The topological polar surface area (TPSA) is 62.1 Å². The predicted molar refractivity (Wildman–Crippen MR) is 55.9 cm³/mol. The molecular weight excluding hydrogens is 192 g/mol. The SMILES string of the molecule is CC(C)COCCNC(=O)C1(C#N)CC1. The lowest BCUT2D eigenvalue weighted by atomic mass is 10.1. The van der Waals surface area contributed by atoms with Gasteiger partial charge in [-0.15, -0.1) is 0 Å². The number of ether oxygens (including phenoxy) is 1. The molecule has 0 saturated heterocycles. The Hall–Kier alpha value is -1.08. The molecule has 1 fully saturated rings. The number of carbonyl (C=O) groups is 1. The first-order valence-electron chi connectivity index (χ1n) is 5.38. The van der Waals surface area contributed by atoms with Crippen LogP contribution in [0.1, 0.15) is 26.7 Å². The first-order valence-corrected chi connectivity index (χ1v) is 5.38. The second-order valence-electron chi connectivity index (χ2n) is 4.42. The molecule has 1 saturated carbocycles. The molecule has 0 heterocycles. The Balaban J connectivity index is 2.06. The molecule has 0 atom stereocenters. The van der Waals surface area contributed by atoms with Gasteiger partial charge in [0, 0.05) is 13.2 Å². The molecule has 15 heavy (non-hydrogen) atoms. The van der Waals surface area contributed by atoms with Gasteiger partial charge in [0.25, 0.3) is 0 Å². The van der Waals surface area contributed by atoms with Gasteiger partial charge >= 0.3 is 0 Å². The molecule has 0 aromatic heterocycles. The first kappa shape index (κ1) is 12.0. The Bertz CT molecular complexity index is 264. The van der Waals surface area contributed by atoms with Crippen LogP contribution in [-0.4, -0.2) is 25.7 Å². The molecule has 4 nitrogen and oxygen atoms in total. The monoisotopic (exact) mass is 210 g/mol. The summed E-state index contributed by atoms with van der Waals surface area (Å²) in [6.07, 6.45) is 1.39. The van der Waals surface area contributed by atoms with E-state index in [9.17, 15) is 4.79 Å². The summed E-state index contributed by atoms with van der Waals surface area (Å²) in [6, 6.07) is 2.06. The predicted octanol–water partition coefficient (Wildman–Crippen LogP) is 1.08. The van der Waals surface area contributed by atoms with E-state index < -0.39 is 5.41 Å². The van der Waals surface area contributed by atoms with Crippen molar-refractivity contribution in [1.29, 1.82) is 5.26 Å². The zero-order valence-corrected chi connectivity index (χ0v) is 9.38. The van der Waals surface area contributed by atoms with Crippen molar-refractivity contribution < 1.29 is 9.53 Å². The fourth-order valence-corrected chi connectivity index (χ4v) is 1.24. The highest BCUT2D eigenvalue weighted by atomic mass is 16.5. The number of nitrogens with one attached hydrogen (secondary N) is 1. The number of nitriles is 1. The average Bonchev–Trinajstić information content (AvgIpc) is 2.97. The van der Waals surface area contributed by atoms with Gasteiger partial charge in [-0.05, 0) is 18.8 Å². The highest BCUT2D eigenvalue weighted by Crippen LogP contribution is 2.44. The summed E-state index contributed by atoms with van der Waals surface area (Å²) in [5, 5.41) is 11.5. The zero-order valence-electron chi connectivity index (χ0n) is 9.38. The second-order valence-corrected chi connectivity index (χ2v) is 4.42. The molecule has 1 amide bonds. The van der Waals surface area contributed by atoms with Crippen LogP contribution < -0.4 is 5.32 Å². The van der Waals surface area contributed by atoms with Crippen molar-refractivity contribution in [3.05, 3.63) is 0 Å². The van der Waals surface area contributed by atoms with Crippen LogP contribution in [-0.2, 0) is 9.53 Å². The standard InChI is InChI=1S/C11H18N2O2/c1-9(2)7-15-6-5-13-10(14)11(8-12)3-4-11/h9H,3-7H2,1-2H3,(H,13,14). The summed E-state index contributed by atoms with van der Waals surface area (Å²) in [7, 11) is 0. The van der Waals surface area contributed by atoms with Gasteiger partial charge in [0.05, 0.1) is 12.7 Å². The Morgan fingerprint density at radius 1 is 1.60 bits per heavy atom. The zero-order chi connectivity index (χ0) is 11.3. The third-order valence-electron chi connectivity index (χ3n) is 2.38. The minimum absolute atomic E-state index is 0.141. The summed E-state index contributed by atoms with van der Waals surface area (Å²) >= 11 is 0. The van der Waals surface area contributed by atoms with E-state index in [1.807, 2.05) is 0 Å². The van der Waals surface area contributed by atoms with Crippen LogP contribution >= 0.6 is 0 Å². The van der Waals surface area contributed by atoms with Crippen LogP contribution in [0, 0.1) is 22.7 Å². The van der Waals surface area contributed by atoms with Gasteiger partial charge in [0.1, 0.15) is 5.41 Å². The van der Waals surface area contributed by atoms with Crippen LogP contribution in [0.3, 0.4) is 0 Å². The Kier molecular flexibility index (Phi) is 4.10. The number of hydrogen-bond acceptors (Lipinski definition) is 3.